The highest BCUT2D eigenvalue weighted by atomic mass is 32.1. The quantitative estimate of drug-likeness (QED) is 0.774. The summed E-state index contributed by atoms with van der Waals surface area (Å²) < 4.78 is 10.6. The molecular weight excluding hydrogens is 352 g/mol. The Labute approximate surface area is 155 Å². The molecule has 0 N–H and O–H groups in total. The molecule has 0 unspecified atom stereocenters. The maximum Gasteiger partial charge on any atom is 0.282 e. The van der Waals surface area contributed by atoms with Gasteiger partial charge in [0.25, 0.3) is 11.8 Å². The molecule has 3 heterocycles. The predicted octanol–water partition coefficient (Wildman–Crippen LogP) is 2.37. The van der Waals surface area contributed by atoms with Gasteiger partial charge in [-0.25, -0.2) is 4.90 Å². The Bertz CT molecular complexity index is 852. The van der Waals surface area contributed by atoms with Crippen LogP contribution in [0.25, 0.3) is 5.57 Å². The van der Waals surface area contributed by atoms with Gasteiger partial charge in [0.15, 0.2) is 0 Å². The molecule has 2 aliphatic rings. The number of nitrogens with zero attached hydrogens (tertiary/aromatic N) is 2. The van der Waals surface area contributed by atoms with E-state index in [0.717, 1.165) is 4.88 Å². The highest BCUT2D eigenvalue weighted by Crippen LogP contribution is 2.37. The molecule has 1 aromatic carbocycles. The fourth-order valence-electron chi connectivity index (χ4n) is 3.21. The summed E-state index contributed by atoms with van der Waals surface area (Å²) in [5.41, 5.74) is 1.48. The fraction of sp³-hybridized carbons (Fsp3) is 0.263. The van der Waals surface area contributed by atoms with Gasteiger partial charge in [0.1, 0.15) is 11.4 Å². The number of amides is 2. The molecule has 1 saturated heterocycles. The van der Waals surface area contributed by atoms with Crippen LogP contribution in [-0.4, -0.2) is 50.1 Å². The Hall–Kier alpha value is -2.64. The molecule has 1 fully saturated rings. The zero-order chi connectivity index (χ0) is 18.1. The molecule has 0 spiro atoms. The van der Waals surface area contributed by atoms with Crippen LogP contribution in [0.1, 0.15) is 4.88 Å². The van der Waals surface area contributed by atoms with Crippen LogP contribution < -0.4 is 9.64 Å². The normalized spacial score (nSPS) is 18.0. The molecule has 6 nitrogen and oxygen atoms in total. The standard InChI is InChI=1S/C19H18N2O4S/c1-24-14-6-4-13(5-7-14)21-18(22)16(15-3-2-12-26-15)17(19(21)23)20-8-10-25-11-9-20/h2-7,12H,8-11H2,1H3. The SMILES string of the molecule is COc1ccc(N2C(=O)C(c3cccs3)=C(N3CCOCC3)C2=O)cc1. The topological polar surface area (TPSA) is 59.1 Å². The summed E-state index contributed by atoms with van der Waals surface area (Å²) in [6.45, 7) is 2.29. The highest BCUT2D eigenvalue weighted by Gasteiger charge is 2.43. The number of morpholine rings is 1. The van der Waals surface area contributed by atoms with Crippen molar-refractivity contribution in [3.05, 3.63) is 52.4 Å². The molecule has 0 atom stereocenters. The zero-order valence-corrected chi connectivity index (χ0v) is 15.1. The zero-order valence-electron chi connectivity index (χ0n) is 14.3. The second kappa shape index (κ2) is 6.93. The number of imide groups is 1. The highest BCUT2D eigenvalue weighted by molar-refractivity contribution is 7.11. The number of hydrogen-bond acceptors (Lipinski definition) is 6. The molecular formula is C19H18N2O4S. The van der Waals surface area contributed by atoms with Crippen molar-refractivity contribution in [3.63, 3.8) is 0 Å². The van der Waals surface area contributed by atoms with Crippen LogP contribution in [0, 0.1) is 0 Å². The lowest BCUT2D eigenvalue weighted by Crippen LogP contribution is -2.40. The number of methoxy groups -OCH3 is 1. The van der Waals surface area contributed by atoms with Crippen LogP contribution in [0.2, 0.25) is 0 Å². The largest absolute Gasteiger partial charge is 0.497 e. The summed E-state index contributed by atoms with van der Waals surface area (Å²) in [5, 5.41) is 1.91. The molecule has 4 rings (SSSR count). The van der Waals surface area contributed by atoms with E-state index >= 15 is 0 Å². The minimum absolute atomic E-state index is 0.287. The molecule has 0 bridgehead atoms. The maximum absolute atomic E-state index is 13.2. The van der Waals surface area contributed by atoms with Gasteiger partial charge in [-0.15, -0.1) is 11.3 Å². The van der Waals surface area contributed by atoms with Crippen LogP contribution in [0.5, 0.6) is 5.75 Å². The molecule has 134 valence electrons. The summed E-state index contributed by atoms with van der Waals surface area (Å²) in [4.78, 5) is 30.4. The van der Waals surface area contributed by atoms with Crippen molar-refractivity contribution in [1.82, 2.24) is 4.90 Å². The van der Waals surface area contributed by atoms with E-state index in [1.807, 2.05) is 22.4 Å². The lowest BCUT2D eigenvalue weighted by Gasteiger charge is -2.29. The summed E-state index contributed by atoms with van der Waals surface area (Å²) in [7, 11) is 1.58. The van der Waals surface area contributed by atoms with E-state index in [1.54, 1.807) is 31.4 Å². The number of benzene rings is 1. The van der Waals surface area contributed by atoms with Crippen molar-refractivity contribution >= 4 is 34.4 Å². The van der Waals surface area contributed by atoms with E-state index < -0.39 is 0 Å². The van der Waals surface area contributed by atoms with Gasteiger partial charge in [0.05, 0.1) is 31.6 Å². The van der Waals surface area contributed by atoms with Crippen LogP contribution >= 0.6 is 11.3 Å². The first-order valence-electron chi connectivity index (χ1n) is 8.34. The van der Waals surface area contributed by atoms with Crippen molar-refractivity contribution in [2.75, 3.05) is 38.3 Å². The molecule has 0 saturated carbocycles. The summed E-state index contributed by atoms with van der Waals surface area (Å²) in [6, 6.07) is 10.7. The van der Waals surface area contributed by atoms with E-state index in [2.05, 4.69) is 0 Å². The number of rotatable bonds is 4. The molecule has 2 aliphatic heterocycles. The lowest BCUT2D eigenvalue weighted by atomic mass is 10.1. The lowest BCUT2D eigenvalue weighted by molar-refractivity contribution is -0.121. The summed E-state index contributed by atoms with van der Waals surface area (Å²) in [6.07, 6.45) is 0. The number of hydrogen-bond donors (Lipinski definition) is 0. The van der Waals surface area contributed by atoms with Crippen LogP contribution in [0.3, 0.4) is 0 Å². The third-order valence-electron chi connectivity index (χ3n) is 4.48. The summed E-state index contributed by atoms with van der Waals surface area (Å²) in [5.74, 6) is 0.0993. The molecule has 0 radical (unpaired) electrons. The van der Waals surface area contributed by atoms with Crippen LogP contribution in [0.15, 0.2) is 47.5 Å². The van der Waals surface area contributed by atoms with E-state index in [9.17, 15) is 9.59 Å². The van der Waals surface area contributed by atoms with Crippen LogP contribution in [0.4, 0.5) is 5.69 Å². The molecule has 2 amide bonds. The van der Waals surface area contributed by atoms with Crippen LogP contribution in [-0.2, 0) is 14.3 Å². The molecule has 1 aromatic heterocycles. The van der Waals surface area contributed by atoms with Gasteiger partial charge in [-0.2, -0.15) is 0 Å². The van der Waals surface area contributed by atoms with E-state index in [-0.39, 0.29) is 11.8 Å². The Morgan fingerprint density at radius 2 is 1.77 bits per heavy atom. The van der Waals surface area contributed by atoms with Gasteiger partial charge in [-0.3, -0.25) is 9.59 Å². The Morgan fingerprint density at radius 1 is 1.04 bits per heavy atom. The minimum atomic E-state index is -0.288. The van der Waals surface area contributed by atoms with Crippen molar-refractivity contribution in [2.45, 2.75) is 0 Å². The van der Waals surface area contributed by atoms with Gasteiger partial charge >= 0.3 is 0 Å². The number of carbonyl (C=O) groups excluding carboxylic acids is 2. The number of anilines is 1. The predicted molar refractivity (Wildman–Crippen MR) is 99.1 cm³/mol. The number of carbonyl (C=O) groups is 2. The third-order valence-corrected chi connectivity index (χ3v) is 5.37. The van der Waals surface area contributed by atoms with Gasteiger partial charge < -0.3 is 14.4 Å². The molecule has 2 aromatic rings. The fourth-order valence-corrected chi connectivity index (χ4v) is 3.97. The Balaban J connectivity index is 1.76. The first-order valence-corrected chi connectivity index (χ1v) is 9.22. The first-order chi connectivity index (χ1) is 12.7. The number of thiophene rings is 1. The second-order valence-corrected chi connectivity index (χ2v) is 6.89. The smallest absolute Gasteiger partial charge is 0.282 e. The van der Waals surface area contributed by atoms with Crippen molar-refractivity contribution in [3.8, 4) is 5.75 Å². The van der Waals surface area contributed by atoms with Crippen molar-refractivity contribution < 1.29 is 19.1 Å². The Morgan fingerprint density at radius 3 is 2.38 bits per heavy atom. The molecule has 7 heteroatoms. The Kier molecular flexibility index (Phi) is 4.48. The van der Waals surface area contributed by atoms with Crippen molar-refractivity contribution in [2.24, 2.45) is 0 Å². The maximum atomic E-state index is 13.2. The minimum Gasteiger partial charge on any atom is -0.497 e. The van der Waals surface area contributed by atoms with Gasteiger partial charge in [0.2, 0.25) is 0 Å². The number of ether oxygens (including phenoxy) is 2. The third kappa shape index (κ3) is 2.79. The van der Waals surface area contributed by atoms with E-state index in [0.29, 0.717) is 49.0 Å². The van der Waals surface area contributed by atoms with Gasteiger partial charge in [0, 0.05) is 18.0 Å². The van der Waals surface area contributed by atoms with E-state index in [4.69, 9.17) is 9.47 Å². The van der Waals surface area contributed by atoms with Crippen molar-refractivity contribution in [1.29, 1.82) is 0 Å². The van der Waals surface area contributed by atoms with E-state index in [1.165, 1.54) is 16.2 Å². The monoisotopic (exact) mass is 370 g/mol. The van der Waals surface area contributed by atoms with Gasteiger partial charge in [-0.1, -0.05) is 6.07 Å². The average molecular weight is 370 g/mol. The van der Waals surface area contributed by atoms with Gasteiger partial charge in [-0.05, 0) is 35.7 Å². The summed E-state index contributed by atoms with van der Waals surface area (Å²) >= 11 is 1.46. The average Bonchev–Trinajstić information content (AvgIpc) is 3.29. The molecule has 26 heavy (non-hydrogen) atoms. The first kappa shape index (κ1) is 16.8. The molecule has 0 aliphatic carbocycles. The second-order valence-electron chi connectivity index (χ2n) is 5.94.